The lowest BCUT2D eigenvalue weighted by Gasteiger charge is -2.52. The zero-order chi connectivity index (χ0) is 23.0. The Kier molecular flexibility index (Phi) is 4.51. The molecule has 1 aromatic carbocycles. The first-order valence-electron chi connectivity index (χ1n) is 9.65. The second-order valence-electron chi connectivity index (χ2n) is 8.15. The first kappa shape index (κ1) is 21.0. The van der Waals surface area contributed by atoms with Crippen LogP contribution in [-0.2, 0) is 14.4 Å². The summed E-state index contributed by atoms with van der Waals surface area (Å²) < 4.78 is 0. The van der Waals surface area contributed by atoms with Gasteiger partial charge in [-0.3, -0.25) is 14.4 Å². The number of carbonyl (C=O) groups excluding carboxylic acids is 3. The summed E-state index contributed by atoms with van der Waals surface area (Å²) in [6.45, 7) is 1.67. The molecule has 0 aliphatic heterocycles. The van der Waals surface area contributed by atoms with Gasteiger partial charge in [-0.25, -0.2) is 0 Å². The third-order valence-electron chi connectivity index (χ3n) is 6.78. The highest BCUT2D eigenvalue weighted by Crippen LogP contribution is 2.55. The first-order chi connectivity index (χ1) is 14.5. The van der Waals surface area contributed by atoms with Crippen LogP contribution in [-0.4, -0.2) is 67.8 Å². The second kappa shape index (κ2) is 6.64. The predicted molar refractivity (Wildman–Crippen MR) is 106 cm³/mol. The minimum atomic E-state index is -2.90. The van der Waals surface area contributed by atoms with Crippen molar-refractivity contribution in [1.82, 2.24) is 5.32 Å². The van der Waals surface area contributed by atoms with Crippen molar-refractivity contribution in [3.8, 4) is 5.75 Å². The number of hydrogen-bond donors (Lipinski definition) is 7. The summed E-state index contributed by atoms with van der Waals surface area (Å²) in [6, 6.07) is 3.06. The zero-order valence-corrected chi connectivity index (χ0v) is 16.7. The van der Waals surface area contributed by atoms with Crippen LogP contribution in [0, 0.1) is 11.8 Å². The highest BCUT2D eigenvalue weighted by Gasteiger charge is 2.67. The van der Waals surface area contributed by atoms with Gasteiger partial charge in [0.05, 0.1) is 23.6 Å². The fourth-order valence-electron chi connectivity index (χ4n) is 5.36. The summed E-state index contributed by atoms with van der Waals surface area (Å²) in [6.07, 6.45) is -1.59. The highest BCUT2D eigenvalue weighted by molar-refractivity contribution is 6.24. The van der Waals surface area contributed by atoms with E-state index in [4.69, 9.17) is 5.73 Å². The van der Waals surface area contributed by atoms with Crippen LogP contribution < -0.4 is 11.1 Å². The predicted octanol–water partition coefficient (Wildman–Crippen LogP) is -0.846. The van der Waals surface area contributed by atoms with E-state index in [0.29, 0.717) is 5.56 Å². The molecule has 1 aromatic rings. The molecular weight excluding hydrogens is 408 g/mol. The lowest BCUT2D eigenvalue weighted by Crippen LogP contribution is -2.70. The van der Waals surface area contributed by atoms with Crippen LogP contribution in [0.3, 0.4) is 0 Å². The summed E-state index contributed by atoms with van der Waals surface area (Å²) in [5, 5.41) is 57.0. The maximum atomic E-state index is 13.5. The summed E-state index contributed by atoms with van der Waals surface area (Å²) in [4.78, 5) is 38.2. The monoisotopic (exact) mass is 430 g/mol. The number of carbonyl (C=O) groups is 3. The first-order valence-corrected chi connectivity index (χ1v) is 9.65. The van der Waals surface area contributed by atoms with E-state index in [0.717, 1.165) is 0 Å². The van der Waals surface area contributed by atoms with Crippen molar-refractivity contribution in [2.75, 3.05) is 7.05 Å². The molecule has 8 N–H and O–H groups in total. The lowest BCUT2D eigenvalue weighted by molar-refractivity contribution is -0.164. The molecule has 4 rings (SSSR count). The summed E-state index contributed by atoms with van der Waals surface area (Å²) in [7, 11) is 1.33. The van der Waals surface area contributed by atoms with Gasteiger partial charge in [0.1, 0.15) is 22.8 Å². The molecule has 1 saturated carbocycles. The topological polar surface area (TPSA) is 190 Å². The van der Waals surface area contributed by atoms with Gasteiger partial charge in [0, 0.05) is 11.5 Å². The third-order valence-corrected chi connectivity index (χ3v) is 6.78. The van der Waals surface area contributed by atoms with E-state index in [-0.39, 0.29) is 11.3 Å². The number of fused-ring (bicyclic) bond motifs is 3. The molecular formula is C21H22N2O8. The molecule has 164 valence electrons. The molecule has 0 heterocycles. The van der Waals surface area contributed by atoms with Crippen LogP contribution >= 0.6 is 0 Å². The van der Waals surface area contributed by atoms with E-state index >= 15 is 0 Å². The third kappa shape index (κ3) is 2.40. The summed E-state index contributed by atoms with van der Waals surface area (Å²) >= 11 is 0. The number of aliphatic hydroxyl groups is 4. The number of nitrogens with two attached hydrogens (primary N) is 1. The Morgan fingerprint density at radius 3 is 2.42 bits per heavy atom. The van der Waals surface area contributed by atoms with Crippen molar-refractivity contribution in [3.63, 3.8) is 0 Å². The standard InChI is InChI=1S/C21H22N2O8/c1-6-7-4-3-5-8(24)10(7)15(25)11-9(6)16(26)13-14(23-2)17(27)12(20(22)30)19(29)21(13,31)18(11)28/h3-6,9,13-14,16,23-26,29,31H,1-2H3,(H2,22,30)/t6-,9-,13-,14+,16+,21+/m1/s1. The Balaban J connectivity index is 2.06. The average molecular weight is 430 g/mol. The number of benzene rings is 1. The summed E-state index contributed by atoms with van der Waals surface area (Å²) in [5.41, 5.74) is 1.38. The Hall–Kier alpha value is -3.21. The molecule has 10 heteroatoms. The van der Waals surface area contributed by atoms with E-state index in [1.165, 1.54) is 13.1 Å². The van der Waals surface area contributed by atoms with Crippen LogP contribution in [0.5, 0.6) is 5.75 Å². The van der Waals surface area contributed by atoms with Crippen LogP contribution in [0.4, 0.5) is 0 Å². The molecule has 0 aromatic heterocycles. The van der Waals surface area contributed by atoms with Gasteiger partial charge in [0.15, 0.2) is 11.4 Å². The van der Waals surface area contributed by atoms with Gasteiger partial charge in [-0.1, -0.05) is 19.1 Å². The number of amides is 1. The number of Topliss-reactive ketones (excluding diaryl/α,β-unsaturated/α-hetero) is 2. The number of aliphatic hydroxyl groups excluding tert-OH is 3. The smallest absolute Gasteiger partial charge is 0.255 e. The fourth-order valence-corrected chi connectivity index (χ4v) is 5.36. The normalized spacial score (nSPS) is 34.9. The van der Waals surface area contributed by atoms with Crippen molar-refractivity contribution < 1.29 is 39.9 Å². The average Bonchev–Trinajstić information content (AvgIpc) is 2.70. The van der Waals surface area contributed by atoms with Gasteiger partial charge in [0.2, 0.25) is 5.78 Å². The Morgan fingerprint density at radius 2 is 1.84 bits per heavy atom. The number of likely N-dealkylation sites (N-methyl/N-ethyl adjacent to an activating group) is 1. The van der Waals surface area contributed by atoms with Crippen molar-refractivity contribution in [2.45, 2.75) is 30.6 Å². The van der Waals surface area contributed by atoms with Gasteiger partial charge in [-0.05, 0) is 24.6 Å². The van der Waals surface area contributed by atoms with Crippen LogP contribution in [0.1, 0.15) is 24.0 Å². The Bertz CT molecular complexity index is 1110. The van der Waals surface area contributed by atoms with Crippen molar-refractivity contribution >= 4 is 23.2 Å². The molecule has 1 amide bonds. The molecule has 10 nitrogen and oxygen atoms in total. The molecule has 0 radical (unpaired) electrons. The van der Waals surface area contributed by atoms with Crippen molar-refractivity contribution in [2.24, 2.45) is 17.6 Å². The maximum absolute atomic E-state index is 13.5. The molecule has 1 fully saturated rings. The van der Waals surface area contributed by atoms with Gasteiger partial charge in [-0.15, -0.1) is 0 Å². The second-order valence-corrected chi connectivity index (χ2v) is 8.15. The van der Waals surface area contributed by atoms with Gasteiger partial charge in [-0.2, -0.15) is 0 Å². The van der Waals surface area contributed by atoms with E-state index in [1.807, 2.05) is 0 Å². The molecule has 6 atom stereocenters. The number of phenols is 1. The number of primary amides is 1. The maximum Gasteiger partial charge on any atom is 0.255 e. The van der Waals surface area contributed by atoms with Gasteiger partial charge >= 0.3 is 0 Å². The number of phenolic OH excluding ortho intramolecular Hbond substituents is 1. The molecule has 0 bridgehead atoms. The number of ketones is 2. The van der Waals surface area contributed by atoms with E-state index < -0.39 is 75.6 Å². The Morgan fingerprint density at radius 1 is 1.19 bits per heavy atom. The zero-order valence-electron chi connectivity index (χ0n) is 16.7. The number of nitrogens with one attached hydrogen (secondary N) is 1. The van der Waals surface area contributed by atoms with Gasteiger partial charge < -0.3 is 36.6 Å². The van der Waals surface area contributed by atoms with Crippen LogP contribution in [0.15, 0.2) is 35.1 Å². The van der Waals surface area contributed by atoms with Gasteiger partial charge in [0.25, 0.3) is 5.91 Å². The van der Waals surface area contributed by atoms with Crippen molar-refractivity contribution in [1.29, 1.82) is 0 Å². The fraction of sp³-hybridized carbons (Fsp3) is 0.381. The SMILES string of the molecule is CN[C@@H]1C(=O)C(C(N)=O)=C(O)[C@@]2(O)C(=O)C3=C(O)c4c(O)cccc4[C@@H](C)[C@H]3[C@H](O)[C@@H]12. The number of rotatable bonds is 2. The molecule has 3 aliphatic rings. The minimum Gasteiger partial charge on any atom is -0.508 e. The van der Waals surface area contributed by atoms with E-state index in [2.05, 4.69) is 5.32 Å². The van der Waals surface area contributed by atoms with E-state index in [1.54, 1.807) is 19.1 Å². The molecule has 0 spiro atoms. The van der Waals surface area contributed by atoms with Crippen LogP contribution in [0.25, 0.3) is 5.76 Å². The minimum absolute atomic E-state index is 0.0282. The lowest BCUT2D eigenvalue weighted by atomic mass is 9.54. The number of hydrogen-bond acceptors (Lipinski definition) is 9. The molecule has 3 aliphatic carbocycles. The van der Waals surface area contributed by atoms with Crippen molar-refractivity contribution in [3.05, 3.63) is 46.2 Å². The van der Waals surface area contributed by atoms with E-state index in [9.17, 15) is 39.9 Å². The quantitative estimate of drug-likeness (QED) is 0.293. The summed E-state index contributed by atoms with van der Waals surface area (Å²) in [5.74, 6) is -8.96. The number of aromatic hydroxyl groups is 1. The molecule has 0 unspecified atom stereocenters. The van der Waals surface area contributed by atoms with Crippen LogP contribution in [0.2, 0.25) is 0 Å². The molecule has 0 saturated heterocycles. The Labute approximate surface area is 176 Å². The largest absolute Gasteiger partial charge is 0.508 e. The highest BCUT2D eigenvalue weighted by atomic mass is 16.4. The molecule has 31 heavy (non-hydrogen) atoms.